The molecule has 3 aromatic heterocycles. The summed E-state index contributed by atoms with van der Waals surface area (Å²) in [6.45, 7) is 4.58. The molecule has 0 amide bonds. The molecule has 3 N–H and O–H groups in total. The Kier molecular flexibility index (Phi) is 8.27. The molecule has 0 aliphatic heterocycles. The first-order chi connectivity index (χ1) is 14.6. The smallest absolute Gasteiger partial charge is 0.183 e. The maximum absolute atomic E-state index is 14.4. The van der Waals surface area contributed by atoms with Gasteiger partial charge in [-0.1, -0.05) is 33.1 Å². The van der Waals surface area contributed by atoms with Crippen LogP contribution < -0.4 is 10.0 Å². The van der Waals surface area contributed by atoms with Crippen molar-refractivity contribution < 1.29 is 8.60 Å². The Morgan fingerprint density at radius 2 is 2.10 bits per heavy atom. The van der Waals surface area contributed by atoms with E-state index in [4.69, 9.17) is 0 Å². The summed E-state index contributed by atoms with van der Waals surface area (Å²) in [5.74, 6) is 0.647. The van der Waals surface area contributed by atoms with Gasteiger partial charge in [0.1, 0.15) is 5.65 Å². The molecule has 3 heterocycles. The number of rotatable bonds is 12. The van der Waals surface area contributed by atoms with Crippen LogP contribution in [0, 0.1) is 5.82 Å². The molecule has 9 heteroatoms. The van der Waals surface area contributed by atoms with E-state index in [1.54, 1.807) is 12.4 Å². The van der Waals surface area contributed by atoms with Crippen LogP contribution in [0.1, 0.15) is 46.0 Å². The lowest BCUT2D eigenvalue weighted by Gasteiger charge is -2.19. The van der Waals surface area contributed by atoms with E-state index in [1.807, 2.05) is 19.1 Å². The Labute approximate surface area is 178 Å². The number of aromatic nitrogens is 4. The summed E-state index contributed by atoms with van der Waals surface area (Å²) in [7, 11) is -1.09. The predicted molar refractivity (Wildman–Crippen MR) is 120 cm³/mol. The van der Waals surface area contributed by atoms with Crippen LogP contribution in [0.15, 0.2) is 30.7 Å². The summed E-state index contributed by atoms with van der Waals surface area (Å²) in [5.41, 5.74) is 1.50. The number of nitrogens with one attached hydrogen (secondary N) is 3. The van der Waals surface area contributed by atoms with Gasteiger partial charge in [-0.2, -0.15) is 0 Å². The molecular formula is C21H29FN6OS. The van der Waals surface area contributed by atoms with Gasteiger partial charge in [0.2, 0.25) is 0 Å². The number of halogens is 1. The van der Waals surface area contributed by atoms with Crippen LogP contribution in [-0.2, 0) is 11.0 Å². The van der Waals surface area contributed by atoms with Crippen molar-refractivity contribution >= 4 is 27.8 Å². The van der Waals surface area contributed by atoms with Gasteiger partial charge in [-0.05, 0) is 25.0 Å². The van der Waals surface area contributed by atoms with Crippen LogP contribution in [0.3, 0.4) is 0 Å². The van der Waals surface area contributed by atoms with Gasteiger partial charge in [0.25, 0.3) is 0 Å². The molecule has 0 aliphatic rings. The Balaban J connectivity index is 1.74. The zero-order chi connectivity index (χ0) is 21.3. The number of hydrogen-bond donors (Lipinski definition) is 3. The first-order valence-electron chi connectivity index (χ1n) is 10.5. The molecule has 0 saturated carbocycles. The second-order valence-electron chi connectivity index (χ2n) is 7.23. The number of H-pyrrole nitrogens is 1. The second kappa shape index (κ2) is 11.1. The standard InChI is InChI=1S/C21H29FN6OS/c1-3-5-6-8-15(28-30(29)11-4-2)12-24-21-18(22)14-26-20(27-21)17-13-25-19-16(17)9-7-10-23-19/h7,9-10,13-15,28H,3-6,8,11-12H2,1-2H3,(H,23,25)(H,24,26,27). The van der Waals surface area contributed by atoms with Crippen molar-refractivity contribution in [2.45, 2.75) is 52.0 Å². The molecule has 7 nitrogen and oxygen atoms in total. The average molecular weight is 433 g/mol. The number of anilines is 1. The quantitative estimate of drug-likeness (QED) is 0.373. The molecule has 3 aromatic rings. The molecular weight excluding hydrogens is 403 g/mol. The van der Waals surface area contributed by atoms with Crippen molar-refractivity contribution in [1.82, 2.24) is 24.7 Å². The first kappa shape index (κ1) is 22.3. The molecule has 0 radical (unpaired) electrons. The maximum Gasteiger partial charge on any atom is 0.183 e. The van der Waals surface area contributed by atoms with Crippen LogP contribution in [-0.4, -0.2) is 42.5 Å². The Bertz CT molecular complexity index is 979. The lowest BCUT2D eigenvalue weighted by molar-refractivity contribution is 0.538. The third kappa shape index (κ3) is 5.82. The van der Waals surface area contributed by atoms with Crippen molar-refractivity contribution in [2.75, 3.05) is 17.6 Å². The van der Waals surface area contributed by atoms with Gasteiger partial charge >= 0.3 is 0 Å². The van der Waals surface area contributed by atoms with Crippen molar-refractivity contribution in [2.24, 2.45) is 0 Å². The lowest BCUT2D eigenvalue weighted by atomic mass is 10.1. The summed E-state index contributed by atoms with van der Waals surface area (Å²) >= 11 is 0. The maximum atomic E-state index is 14.4. The average Bonchev–Trinajstić information content (AvgIpc) is 3.17. The molecule has 0 saturated heterocycles. The summed E-state index contributed by atoms with van der Waals surface area (Å²) < 4.78 is 29.7. The summed E-state index contributed by atoms with van der Waals surface area (Å²) in [5, 5.41) is 3.97. The zero-order valence-corrected chi connectivity index (χ0v) is 18.3. The Morgan fingerprint density at radius 1 is 1.23 bits per heavy atom. The molecule has 2 unspecified atom stereocenters. The predicted octanol–water partition coefficient (Wildman–Crippen LogP) is 4.18. The largest absolute Gasteiger partial charge is 0.366 e. The minimum Gasteiger partial charge on any atom is -0.366 e. The van der Waals surface area contributed by atoms with Gasteiger partial charge in [-0.15, -0.1) is 0 Å². The molecule has 0 bridgehead atoms. The third-order valence-electron chi connectivity index (χ3n) is 4.80. The van der Waals surface area contributed by atoms with Crippen LogP contribution in [0.4, 0.5) is 10.2 Å². The van der Waals surface area contributed by atoms with Crippen molar-refractivity contribution in [3.63, 3.8) is 0 Å². The van der Waals surface area contributed by atoms with E-state index in [2.05, 4.69) is 36.9 Å². The van der Waals surface area contributed by atoms with E-state index >= 15 is 0 Å². The van der Waals surface area contributed by atoms with Gasteiger partial charge < -0.3 is 10.3 Å². The molecule has 0 aliphatic carbocycles. The minimum atomic E-state index is -1.09. The number of hydrogen-bond acceptors (Lipinski definition) is 5. The highest BCUT2D eigenvalue weighted by Gasteiger charge is 2.16. The fourth-order valence-corrected chi connectivity index (χ4v) is 4.32. The SMILES string of the molecule is CCCCCC(CNc1nc(-c2c[nH]c3ncccc23)ncc1F)NS(=O)CCC. The zero-order valence-electron chi connectivity index (χ0n) is 17.4. The highest BCUT2D eigenvalue weighted by atomic mass is 32.2. The van der Waals surface area contributed by atoms with Gasteiger partial charge in [0, 0.05) is 41.7 Å². The number of pyridine rings is 1. The number of fused-ring (bicyclic) bond motifs is 1. The van der Waals surface area contributed by atoms with E-state index in [0.29, 0.717) is 18.1 Å². The van der Waals surface area contributed by atoms with Crippen LogP contribution in [0.2, 0.25) is 0 Å². The molecule has 2 atom stereocenters. The summed E-state index contributed by atoms with van der Waals surface area (Å²) in [6.07, 6.45) is 9.61. The molecule has 3 rings (SSSR count). The molecule has 30 heavy (non-hydrogen) atoms. The number of aromatic amines is 1. The number of nitrogens with zero attached hydrogens (tertiary/aromatic N) is 3. The minimum absolute atomic E-state index is 0.0287. The van der Waals surface area contributed by atoms with E-state index in [9.17, 15) is 8.60 Å². The molecule has 0 fully saturated rings. The normalized spacial score (nSPS) is 13.4. The molecule has 0 spiro atoms. The second-order valence-corrected chi connectivity index (χ2v) is 8.57. The summed E-state index contributed by atoms with van der Waals surface area (Å²) in [4.78, 5) is 15.9. The Morgan fingerprint density at radius 3 is 2.90 bits per heavy atom. The first-order valence-corrected chi connectivity index (χ1v) is 11.8. The van der Waals surface area contributed by atoms with Crippen molar-refractivity contribution in [1.29, 1.82) is 0 Å². The van der Waals surface area contributed by atoms with Crippen LogP contribution in [0.5, 0.6) is 0 Å². The monoisotopic (exact) mass is 432 g/mol. The molecule has 162 valence electrons. The van der Waals surface area contributed by atoms with Gasteiger partial charge in [-0.25, -0.2) is 28.3 Å². The van der Waals surface area contributed by atoms with E-state index < -0.39 is 16.8 Å². The van der Waals surface area contributed by atoms with Crippen molar-refractivity contribution in [3.8, 4) is 11.4 Å². The van der Waals surface area contributed by atoms with E-state index in [0.717, 1.165) is 48.7 Å². The fourth-order valence-electron chi connectivity index (χ4n) is 3.26. The highest BCUT2D eigenvalue weighted by molar-refractivity contribution is 7.83. The van der Waals surface area contributed by atoms with Crippen molar-refractivity contribution in [3.05, 3.63) is 36.5 Å². The topological polar surface area (TPSA) is 95.6 Å². The fraction of sp³-hybridized carbons (Fsp3) is 0.476. The third-order valence-corrected chi connectivity index (χ3v) is 6.17. The van der Waals surface area contributed by atoms with E-state index in [1.165, 1.54) is 6.20 Å². The van der Waals surface area contributed by atoms with Gasteiger partial charge in [0.05, 0.1) is 17.2 Å². The van der Waals surface area contributed by atoms with E-state index in [-0.39, 0.29) is 11.9 Å². The number of unbranched alkanes of at least 4 members (excludes halogenated alkanes) is 2. The summed E-state index contributed by atoms with van der Waals surface area (Å²) in [6, 6.07) is 3.73. The Hall–Kier alpha value is -2.39. The van der Waals surface area contributed by atoms with Gasteiger partial charge in [-0.3, -0.25) is 0 Å². The lowest BCUT2D eigenvalue weighted by Crippen LogP contribution is -2.37. The molecule has 0 aromatic carbocycles. The highest BCUT2D eigenvalue weighted by Crippen LogP contribution is 2.26. The van der Waals surface area contributed by atoms with Crippen LogP contribution >= 0.6 is 0 Å². The van der Waals surface area contributed by atoms with Gasteiger partial charge in [0.15, 0.2) is 17.5 Å². The van der Waals surface area contributed by atoms with Crippen LogP contribution in [0.25, 0.3) is 22.4 Å².